The first-order chi connectivity index (χ1) is 8.65. The van der Waals surface area contributed by atoms with Gasteiger partial charge < -0.3 is 15.2 Å². The van der Waals surface area contributed by atoms with Crippen molar-refractivity contribution in [2.45, 2.75) is 6.42 Å². The SMILES string of the molecule is O=[N+]([O-])c1cc(Br)cnc1NCCCOCCO. The fraction of sp³-hybridized carbons (Fsp3) is 0.500. The Morgan fingerprint density at radius 1 is 1.56 bits per heavy atom. The van der Waals surface area contributed by atoms with E-state index in [1.54, 1.807) is 0 Å². The minimum absolute atomic E-state index is 0.00678. The van der Waals surface area contributed by atoms with Gasteiger partial charge in [-0.25, -0.2) is 4.98 Å². The van der Waals surface area contributed by atoms with Gasteiger partial charge in [-0.05, 0) is 22.4 Å². The molecule has 8 heteroatoms. The van der Waals surface area contributed by atoms with Crippen molar-refractivity contribution in [3.05, 3.63) is 26.9 Å². The third-order valence-electron chi connectivity index (χ3n) is 2.02. The third kappa shape index (κ3) is 4.94. The van der Waals surface area contributed by atoms with Crippen LogP contribution in [0.2, 0.25) is 0 Å². The summed E-state index contributed by atoms with van der Waals surface area (Å²) in [4.78, 5) is 14.3. The maximum atomic E-state index is 10.8. The lowest BCUT2D eigenvalue weighted by Gasteiger charge is -2.06. The van der Waals surface area contributed by atoms with Crippen LogP contribution in [-0.4, -0.2) is 41.4 Å². The van der Waals surface area contributed by atoms with Crippen LogP contribution in [0.25, 0.3) is 0 Å². The molecule has 0 fully saturated rings. The summed E-state index contributed by atoms with van der Waals surface area (Å²) in [6.07, 6.45) is 2.17. The first kappa shape index (κ1) is 14.8. The molecule has 18 heavy (non-hydrogen) atoms. The van der Waals surface area contributed by atoms with Gasteiger partial charge in [-0.1, -0.05) is 0 Å². The van der Waals surface area contributed by atoms with E-state index in [0.29, 0.717) is 30.7 Å². The van der Waals surface area contributed by atoms with Crippen LogP contribution in [-0.2, 0) is 4.74 Å². The van der Waals surface area contributed by atoms with Gasteiger partial charge in [-0.3, -0.25) is 10.1 Å². The van der Waals surface area contributed by atoms with Crippen LogP contribution in [0.5, 0.6) is 0 Å². The summed E-state index contributed by atoms with van der Waals surface area (Å²) >= 11 is 3.14. The summed E-state index contributed by atoms with van der Waals surface area (Å²) in [5, 5.41) is 22.2. The van der Waals surface area contributed by atoms with Crippen LogP contribution in [0.1, 0.15) is 6.42 Å². The van der Waals surface area contributed by atoms with Crippen LogP contribution in [0.3, 0.4) is 0 Å². The van der Waals surface area contributed by atoms with Gasteiger partial charge in [0.2, 0.25) is 5.82 Å². The minimum atomic E-state index is -0.484. The molecule has 0 bridgehead atoms. The van der Waals surface area contributed by atoms with Crippen molar-refractivity contribution in [1.82, 2.24) is 4.98 Å². The zero-order valence-corrected chi connectivity index (χ0v) is 11.2. The summed E-state index contributed by atoms with van der Waals surface area (Å²) in [5.74, 6) is 0.241. The van der Waals surface area contributed by atoms with E-state index in [9.17, 15) is 10.1 Å². The number of nitrogens with one attached hydrogen (secondary N) is 1. The molecule has 0 aromatic carbocycles. The van der Waals surface area contributed by atoms with Crippen LogP contribution >= 0.6 is 15.9 Å². The van der Waals surface area contributed by atoms with Crippen LogP contribution in [0.15, 0.2) is 16.7 Å². The molecule has 0 radical (unpaired) electrons. The van der Waals surface area contributed by atoms with E-state index < -0.39 is 4.92 Å². The van der Waals surface area contributed by atoms with Gasteiger partial charge in [-0.2, -0.15) is 0 Å². The summed E-state index contributed by atoms with van der Waals surface area (Å²) in [6, 6.07) is 1.40. The normalized spacial score (nSPS) is 10.3. The first-order valence-corrected chi connectivity index (χ1v) is 6.17. The molecule has 1 heterocycles. The molecule has 0 unspecified atom stereocenters. The average molecular weight is 320 g/mol. The predicted molar refractivity (Wildman–Crippen MR) is 69.6 cm³/mol. The molecule has 0 amide bonds. The van der Waals surface area contributed by atoms with E-state index in [-0.39, 0.29) is 18.1 Å². The van der Waals surface area contributed by atoms with Gasteiger partial charge in [0.25, 0.3) is 0 Å². The molecule has 0 saturated carbocycles. The second-order valence-corrected chi connectivity index (χ2v) is 4.31. The maximum absolute atomic E-state index is 10.8. The third-order valence-corrected chi connectivity index (χ3v) is 2.46. The van der Waals surface area contributed by atoms with Crippen molar-refractivity contribution in [3.63, 3.8) is 0 Å². The standard InChI is InChI=1S/C10H14BrN3O4/c11-8-6-9(14(16)17)10(13-7-8)12-2-1-4-18-5-3-15/h6-7,15H,1-5H2,(H,12,13). The fourth-order valence-electron chi connectivity index (χ4n) is 1.25. The fourth-order valence-corrected chi connectivity index (χ4v) is 1.57. The molecular formula is C10H14BrN3O4. The van der Waals surface area contributed by atoms with Gasteiger partial charge in [0.15, 0.2) is 0 Å². The number of rotatable bonds is 8. The largest absolute Gasteiger partial charge is 0.394 e. The molecule has 7 nitrogen and oxygen atoms in total. The van der Waals surface area contributed by atoms with Crippen molar-refractivity contribution < 1.29 is 14.8 Å². The topological polar surface area (TPSA) is 97.5 Å². The lowest BCUT2D eigenvalue weighted by molar-refractivity contribution is -0.384. The summed E-state index contributed by atoms with van der Waals surface area (Å²) in [6.45, 7) is 1.29. The number of aliphatic hydroxyl groups is 1. The molecule has 1 rings (SSSR count). The highest BCUT2D eigenvalue weighted by Gasteiger charge is 2.15. The monoisotopic (exact) mass is 319 g/mol. The number of ether oxygens (including phenoxy) is 1. The Labute approximate surface area is 112 Å². The highest BCUT2D eigenvalue weighted by Crippen LogP contribution is 2.24. The predicted octanol–water partition coefficient (Wildman–Crippen LogP) is 1.56. The Kier molecular flexibility index (Phi) is 6.55. The molecule has 0 saturated heterocycles. The van der Waals surface area contributed by atoms with Crippen molar-refractivity contribution in [2.75, 3.05) is 31.7 Å². The summed E-state index contributed by atoms with van der Waals surface area (Å²) in [7, 11) is 0. The Hall–Kier alpha value is -1.25. The van der Waals surface area contributed by atoms with Crippen LogP contribution in [0, 0.1) is 10.1 Å². The van der Waals surface area contributed by atoms with Crippen molar-refractivity contribution in [3.8, 4) is 0 Å². The zero-order chi connectivity index (χ0) is 13.4. The van der Waals surface area contributed by atoms with E-state index in [2.05, 4.69) is 26.2 Å². The van der Waals surface area contributed by atoms with Crippen molar-refractivity contribution >= 4 is 27.4 Å². The maximum Gasteiger partial charge on any atom is 0.312 e. The van der Waals surface area contributed by atoms with Crippen LogP contribution in [0.4, 0.5) is 11.5 Å². The van der Waals surface area contributed by atoms with Gasteiger partial charge in [0.1, 0.15) is 0 Å². The molecule has 0 aliphatic rings. The number of nitro groups is 1. The van der Waals surface area contributed by atoms with E-state index in [0.717, 1.165) is 0 Å². The van der Waals surface area contributed by atoms with E-state index in [1.165, 1.54) is 12.3 Å². The Morgan fingerprint density at radius 3 is 3.00 bits per heavy atom. The number of aromatic nitrogens is 1. The zero-order valence-electron chi connectivity index (χ0n) is 9.63. The van der Waals surface area contributed by atoms with E-state index >= 15 is 0 Å². The average Bonchev–Trinajstić information content (AvgIpc) is 2.35. The van der Waals surface area contributed by atoms with Gasteiger partial charge in [-0.15, -0.1) is 0 Å². The number of hydrogen-bond acceptors (Lipinski definition) is 6. The van der Waals surface area contributed by atoms with Gasteiger partial charge >= 0.3 is 5.69 Å². The molecule has 0 atom stereocenters. The highest BCUT2D eigenvalue weighted by molar-refractivity contribution is 9.10. The van der Waals surface area contributed by atoms with E-state index in [1.807, 2.05) is 0 Å². The van der Waals surface area contributed by atoms with Gasteiger partial charge in [0, 0.05) is 29.9 Å². The molecule has 0 spiro atoms. The minimum Gasteiger partial charge on any atom is -0.394 e. The van der Waals surface area contributed by atoms with Crippen LogP contribution < -0.4 is 5.32 Å². The molecule has 0 aliphatic heterocycles. The van der Waals surface area contributed by atoms with Crippen molar-refractivity contribution in [2.24, 2.45) is 0 Å². The summed E-state index contributed by atoms with van der Waals surface area (Å²) < 4.78 is 5.63. The Balaban J connectivity index is 2.44. The van der Waals surface area contributed by atoms with E-state index in [4.69, 9.17) is 9.84 Å². The lowest BCUT2D eigenvalue weighted by atomic mass is 10.3. The molecule has 1 aromatic heterocycles. The second kappa shape index (κ2) is 7.96. The number of anilines is 1. The number of halogens is 1. The molecule has 2 N–H and O–H groups in total. The number of hydrogen-bond donors (Lipinski definition) is 2. The number of nitrogens with zero attached hydrogens (tertiary/aromatic N) is 2. The Bertz CT molecular complexity index is 403. The van der Waals surface area contributed by atoms with Crippen molar-refractivity contribution in [1.29, 1.82) is 0 Å². The van der Waals surface area contributed by atoms with Gasteiger partial charge in [0.05, 0.1) is 18.1 Å². The molecule has 100 valence electrons. The summed E-state index contributed by atoms with van der Waals surface area (Å²) in [5.41, 5.74) is -0.0688. The molecule has 1 aromatic rings. The highest BCUT2D eigenvalue weighted by atomic mass is 79.9. The number of pyridine rings is 1. The quantitative estimate of drug-likeness (QED) is 0.429. The molecular weight excluding hydrogens is 306 g/mol. The molecule has 0 aliphatic carbocycles. The smallest absolute Gasteiger partial charge is 0.312 e. The second-order valence-electron chi connectivity index (χ2n) is 3.39. The first-order valence-electron chi connectivity index (χ1n) is 5.37. The Morgan fingerprint density at radius 2 is 2.33 bits per heavy atom. The lowest BCUT2D eigenvalue weighted by Crippen LogP contribution is -2.09. The number of aliphatic hydroxyl groups excluding tert-OH is 1.